The number of rotatable bonds is 5. The molecule has 0 radical (unpaired) electrons. The minimum absolute atomic E-state index is 0.0373. The quantitative estimate of drug-likeness (QED) is 0.595. The molecule has 0 spiro atoms. The number of hydrogen-bond donors (Lipinski definition) is 1. The van der Waals surface area contributed by atoms with Crippen molar-refractivity contribution >= 4 is 50.6 Å². The number of fused-ring (bicyclic) bond motifs is 3. The zero-order valence-corrected chi connectivity index (χ0v) is 19.0. The van der Waals surface area contributed by atoms with Crippen molar-refractivity contribution < 1.29 is 9.53 Å². The molecule has 2 aromatic heterocycles. The Morgan fingerprint density at radius 3 is 3.10 bits per heavy atom. The number of thiophene rings is 1. The fraction of sp³-hybridized carbons (Fsp3) is 0.435. The monoisotopic (exact) mass is 456 g/mol. The number of aromatic nitrogens is 2. The van der Waals surface area contributed by atoms with Crippen LogP contribution in [0.3, 0.4) is 0 Å². The Balaban J connectivity index is 1.40. The summed E-state index contributed by atoms with van der Waals surface area (Å²) < 4.78 is 5.34. The van der Waals surface area contributed by atoms with Gasteiger partial charge in [-0.05, 0) is 55.9 Å². The maximum Gasteiger partial charge on any atom is 0.226 e. The van der Waals surface area contributed by atoms with Gasteiger partial charge in [-0.15, -0.1) is 11.3 Å². The largest absolute Gasteiger partial charge is 0.383 e. The zero-order valence-electron chi connectivity index (χ0n) is 17.4. The summed E-state index contributed by atoms with van der Waals surface area (Å²) in [6, 6.07) is 7.84. The van der Waals surface area contributed by atoms with Crippen molar-refractivity contribution in [1.82, 2.24) is 14.9 Å². The van der Waals surface area contributed by atoms with Crippen molar-refractivity contribution in [3.63, 3.8) is 0 Å². The molecule has 1 aliphatic heterocycles. The lowest BCUT2D eigenvalue weighted by atomic mass is 9.86. The number of nitrogens with zero attached hydrogens (tertiary/aromatic N) is 3. The number of carbonyl (C=O) groups is 1. The summed E-state index contributed by atoms with van der Waals surface area (Å²) in [6.45, 7) is 1.47. The van der Waals surface area contributed by atoms with Crippen molar-refractivity contribution in [3.8, 4) is 0 Å². The molecule has 0 saturated carbocycles. The van der Waals surface area contributed by atoms with Gasteiger partial charge in [0.2, 0.25) is 5.91 Å². The maximum absolute atomic E-state index is 13.3. The number of amides is 1. The first kappa shape index (κ1) is 20.7. The third-order valence-electron chi connectivity index (χ3n) is 6.30. The lowest BCUT2D eigenvalue weighted by Crippen LogP contribution is -2.43. The molecule has 162 valence electrons. The summed E-state index contributed by atoms with van der Waals surface area (Å²) in [5.41, 5.74) is 2.18. The Labute approximate surface area is 190 Å². The van der Waals surface area contributed by atoms with Crippen LogP contribution in [0.2, 0.25) is 5.02 Å². The lowest BCUT2D eigenvalue weighted by Gasteiger charge is -2.30. The van der Waals surface area contributed by atoms with Gasteiger partial charge in [0.25, 0.3) is 0 Å². The van der Waals surface area contributed by atoms with Crippen LogP contribution < -0.4 is 5.32 Å². The van der Waals surface area contributed by atoms with E-state index in [1.807, 2.05) is 24.3 Å². The van der Waals surface area contributed by atoms with E-state index in [-0.39, 0.29) is 17.9 Å². The van der Waals surface area contributed by atoms with Crippen LogP contribution in [0.15, 0.2) is 30.6 Å². The van der Waals surface area contributed by atoms with E-state index in [1.165, 1.54) is 10.4 Å². The van der Waals surface area contributed by atoms with E-state index in [1.54, 1.807) is 24.8 Å². The third-order valence-corrected chi connectivity index (χ3v) is 7.70. The minimum Gasteiger partial charge on any atom is -0.383 e. The summed E-state index contributed by atoms with van der Waals surface area (Å²) in [5.74, 6) is 1.12. The van der Waals surface area contributed by atoms with Crippen molar-refractivity contribution in [2.45, 2.75) is 38.1 Å². The van der Waals surface area contributed by atoms with Crippen LogP contribution in [0.1, 0.15) is 29.7 Å². The van der Waals surface area contributed by atoms with Gasteiger partial charge in [-0.3, -0.25) is 4.79 Å². The number of anilines is 2. The third kappa shape index (κ3) is 4.02. The van der Waals surface area contributed by atoms with Crippen LogP contribution in [0.25, 0.3) is 10.2 Å². The van der Waals surface area contributed by atoms with E-state index in [4.69, 9.17) is 16.3 Å². The Morgan fingerprint density at radius 2 is 2.26 bits per heavy atom. The van der Waals surface area contributed by atoms with E-state index in [2.05, 4.69) is 20.2 Å². The van der Waals surface area contributed by atoms with Gasteiger partial charge in [0.15, 0.2) is 0 Å². The van der Waals surface area contributed by atoms with Gasteiger partial charge in [0.1, 0.15) is 17.0 Å². The molecule has 2 atom stereocenters. The molecule has 2 unspecified atom stereocenters. The van der Waals surface area contributed by atoms with Crippen LogP contribution in [-0.4, -0.2) is 47.1 Å². The molecule has 1 saturated heterocycles. The topological polar surface area (TPSA) is 67.3 Å². The van der Waals surface area contributed by atoms with Gasteiger partial charge in [-0.25, -0.2) is 9.97 Å². The van der Waals surface area contributed by atoms with Gasteiger partial charge in [0.05, 0.1) is 18.0 Å². The molecule has 6 nitrogen and oxygen atoms in total. The minimum atomic E-state index is 0.0373. The highest BCUT2D eigenvalue weighted by Gasteiger charge is 2.36. The highest BCUT2D eigenvalue weighted by molar-refractivity contribution is 7.19. The highest BCUT2D eigenvalue weighted by atomic mass is 35.5. The smallest absolute Gasteiger partial charge is 0.226 e. The second kappa shape index (κ2) is 8.73. The number of halogens is 1. The molecule has 8 heteroatoms. The molecule has 2 aliphatic rings. The summed E-state index contributed by atoms with van der Waals surface area (Å²) in [7, 11) is 1.71. The number of likely N-dealkylation sites (tertiary alicyclic amines) is 1. The van der Waals surface area contributed by atoms with E-state index in [0.717, 1.165) is 60.4 Å². The predicted octanol–water partition coefficient (Wildman–Crippen LogP) is 4.83. The van der Waals surface area contributed by atoms with Crippen LogP contribution in [0.4, 0.5) is 11.5 Å². The second-order valence-electron chi connectivity index (χ2n) is 8.26. The molecule has 31 heavy (non-hydrogen) atoms. The number of ether oxygens (including phenoxy) is 1. The molecule has 1 aliphatic carbocycles. The Morgan fingerprint density at radius 1 is 1.35 bits per heavy atom. The molecule has 1 fully saturated rings. The van der Waals surface area contributed by atoms with E-state index in [9.17, 15) is 4.79 Å². The number of aryl methyl sites for hydroxylation is 1. The van der Waals surface area contributed by atoms with Crippen molar-refractivity contribution in [2.24, 2.45) is 5.92 Å². The van der Waals surface area contributed by atoms with Crippen LogP contribution in [0.5, 0.6) is 0 Å². The first-order valence-corrected chi connectivity index (χ1v) is 11.9. The van der Waals surface area contributed by atoms with Gasteiger partial charge >= 0.3 is 0 Å². The van der Waals surface area contributed by atoms with Gasteiger partial charge < -0.3 is 15.0 Å². The van der Waals surface area contributed by atoms with Crippen LogP contribution in [0, 0.1) is 5.92 Å². The Bertz CT molecular complexity index is 1120. The first-order chi connectivity index (χ1) is 15.1. The van der Waals surface area contributed by atoms with E-state index < -0.39 is 0 Å². The van der Waals surface area contributed by atoms with Gasteiger partial charge in [0, 0.05) is 35.2 Å². The Kier molecular flexibility index (Phi) is 5.82. The maximum atomic E-state index is 13.3. The molecule has 3 aromatic rings. The average molecular weight is 457 g/mol. The highest BCUT2D eigenvalue weighted by Crippen LogP contribution is 2.41. The lowest BCUT2D eigenvalue weighted by molar-refractivity contribution is -0.137. The van der Waals surface area contributed by atoms with Crippen molar-refractivity contribution in [2.75, 3.05) is 25.6 Å². The fourth-order valence-electron chi connectivity index (χ4n) is 4.84. The summed E-state index contributed by atoms with van der Waals surface area (Å²) in [5, 5.41) is 5.16. The molecule has 5 rings (SSSR count). The Hall–Kier alpha value is -2.22. The predicted molar refractivity (Wildman–Crippen MR) is 124 cm³/mol. The summed E-state index contributed by atoms with van der Waals surface area (Å²) in [6.07, 6.45) is 6.20. The average Bonchev–Trinajstić information content (AvgIpc) is 3.38. The molecule has 1 N–H and O–H groups in total. The molecular formula is C23H25ClN4O2S. The molecule has 1 aromatic carbocycles. The molecule has 3 heterocycles. The van der Waals surface area contributed by atoms with Crippen LogP contribution in [-0.2, 0) is 22.4 Å². The number of methoxy groups -OCH3 is 1. The zero-order chi connectivity index (χ0) is 21.4. The van der Waals surface area contributed by atoms with Crippen molar-refractivity contribution in [3.05, 3.63) is 46.1 Å². The number of benzene rings is 1. The standard InChI is InChI=1S/C23H25ClN4O2S/c1-30-12-17-6-3-9-28(17)23(29)14-7-8-18-19(10-14)31-22-20(18)21(25-13-26-22)27-16-5-2-4-15(24)11-16/h2,4-5,11,13-14,17H,3,6-10,12H2,1H3,(H,25,26,27). The fourth-order valence-corrected chi connectivity index (χ4v) is 6.30. The number of carbonyl (C=O) groups excluding carboxylic acids is 1. The van der Waals surface area contributed by atoms with Gasteiger partial charge in [-0.1, -0.05) is 17.7 Å². The second-order valence-corrected chi connectivity index (χ2v) is 9.78. The molecule has 1 amide bonds. The van der Waals surface area contributed by atoms with Gasteiger partial charge in [-0.2, -0.15) is 0 Å². The van der Waals surface area contributed by atoms with E-state index in [0.29, 0.717) is 11.6 Å². The van der Waals surface area contributed by atoms with Crippen LogP contribution >= 0.6 is 22.9 Å². The first-order valence-electron chi connectivity index (χ1n) is 10.7. The SMILES string of the molecule is COCC1CCCN1C(=O)C1CCc2c(sc3ncnc(Nc4cccc(Cl)c4)c23)C1. The normalized spacial score (nSPS) is 20.8. The van der Waals surface area contributed by atoms with Crippen molar-refractivity contribution in [1.29, 1.82) is 0 Å². The van der Waals surface area contributed by atoms with E-state index >= 15 is 0 Å². The molecular weight excluding hydrogens is 432 g/mol. The number of hydrogen-bond acceptors (Lipinski definition) is 6. The summed E-state index contributed by atoms with van der Waals surface area (Å²) in [4.78, 5) is 26.6. The molecule has 0 bridgehead atoms. The number of nitrogens with one attached hydrogen (secondary N) is 1. The summed E-state index contributed by atoms with van der Waals surface area (Å²) >= 11 is 7.83.